The van der Waals surface area contributed by atoms with Gasteiger partial charge in [-0.15, -0.1) is 0 Å². The van der Waals surface area contributed by atoms with Crippen molar-refractivity contribution in [2.24, 2.45) is 11.3 Å². The Hall–Kier alpha value is -0.0800. The highest BCUT2D eigenvalue weighted by Crippen LogP contribution is 2.16. The lowest BCUT2D eigenvalue weighted by Gasteiger charge is -2.17. The van der Waals surface area contributed by atoms with Gasteiger partial charge in [-0.1, -0.05) is 34.6 Å². The van der Waals surface area contributed by atoms with Crippen LogP contribution in [0.25, 0.3) is 0 Å². The molecule has 14 heavy (non-hydrogen) atoms. The molecule has 0 radical (unpaired) electrons. The Labute approximate surface area is 89.3 Å². The zero-order chi connectivity index (χ0) is 11.8. The first-order valence-corrected chi connectivity index (χ1v) is 5.54. The van der Waals surface area contributed by atoms with E-state index in [1.807, 2.05) is 20.8 Å². The van der Waals surface area contributed by atoms with Gasteiger partial charge in [0.1, 0.15) is 0 Å². The lowest BCUT2D eigenvalue weighted by molar-refractivity contribution is 0.155. The second kappa shape index (κ2) is 8.25. The topological polar surface area (TPSA) is 40.5 Å². The molecule has 0 fully saturated rings. The summed E-state index contributed by atoms with van der Waals surface area (Å²) in [6.07, 6.45) is 1.84. The number of hydrogen-bond donors (Lipinski definition) is 2. The highest BCUT2D eigenvalue weighted by atomic mass is 16.3. The normalized spacial score (nSPS) is 13.5. The number of aliphatic hydroxyl groups is 2. The van der Waals surface area contributed by atoms with E-state index < -0.39 is 0 Å². The Kier molecular flexibility index (Phi) is 9.63. The van der Waals surface area contributed by atoms with Crippen LogP contribution in [0.2, 0.25) is 0 Å². The zero-order valence-corrected chi connectivity index (χ0v) is 10.7. The standard InChI is InChI=1S/2C6H14O/c1-5(2)4-6(3)7;1-4-6(2,3)5-7/h5-7H,4H2,1-3H3;7H,4-5H2,1-3H3. The Bertz CT molecular complexity index is 105. The zero-order valence-electron chi connectivity index (χ0n) is 10.7. The molecule has 0 aliphatic rings. The summed E-state index contributed by atoms with van der Waals surface area (Å²) in [4.78, 5) is 0. The molecule has 2 N–H and O–H groups in total. The van der Waals surface area contributed by atoms with Gasteiger partial charge in [-0.3, -0.25) is 0 Å². The lowest BCUT2D eigenvalue weighted by atomic mass is 9.92. The second-order valence-corrected chi connectivity index (χ2v) is 5.15. The third-order valence-corrected chi connectivity index (χ3v) is 2.20. The van der Waals surface area contributed by atoms with Crippen molar-refractivity contribution >= 4 is 0 Å². The molecule has 2 heteroatoms. The summed E-state index contributed by atoms with van der Waals surface area (Å²) in [5.74, 6) is 0.625. The van der Waals surface area contributed by atoms with Crippen LogP contribution in [-0.2, 0) is 0 Å². The van der Waals surface area contributed by atoms with E-state index in [0.717, 1.165) is 12.8 Å². The average Bonchev–Trinajstić information content (AvgIpc) is 2.03. The summed E-state index contributed by atoms with van der Waals surface area (Å²) < 4.78 is 0. The van der Waals surface area contributed by atoms with Gasteiger partial charge < -0.3 is 10.2 Å². The van der Waals surface area contributed by atoms with Crippen molar-refractivity contribution in [3.63, 3.8) is 0 Å². The van der Waals surface area contributed by atoms with E-state index in [2.05, 4.69) is 20.8 Å². The molecule has 0 amide bonds. The van der Waals surface area contributed by atoms with Crippen molar-refractivity contribution in [2.75, 3.05) is 6.61 Å². The van der Waals surface area contributed by atoms with Crippen LogP contribution < -0.4 is 0 Å². The third kappa shape index (κ3) is 14.4. The van der Waals surface area contributed by atoms with Crippen molar-refractivity contribution in [1.29, 1.82) is 0 Å². The van der Waals surface area contributed by atoms with E-state index in [1.54, 1.807) is 0 Å². The Morgan fingerprint density at radius 3 is 1.57 bits per heavy atom. The van der Waals surface area contributed by atoms with E-state index >= 15 is 0 Å². The van der Waals surface area contributed by atoms with E-state index in [1.165, 1.54) is 0 Å². The summed E-state index contributed by atoms with van der Waals surface area (Å²) in [5, 5.41) is 17.3. The van der Waals surface area contributed by atoms with Crippen LogP contribution >= 0.6 is 0 Å². The molecular formula is C12H28O2. The van der Waals surface area contributed by atoms with Crippen LogP contribution in [0.15, 0.2) is 0 Å². The minimum absolute atomic E-state index is 0.125. The molecule has 0 rings (SSSR count). The van der Waals surface area contributed by atoms with E-state index in [0.29, 0.717) is 12.5 Å². The van der Waals surface area contributed by atoms with Gasteiger partial charge in [0.15, 0.2) is 0 Å². The number of aliphatic hydroxyl groups excluding tert-OH is 2. The average molecular weight is 204 g/mol. The maximum Gasteiger partial charge on any atom is 0.0514 e. The number of hydrogen-bond acceptors (Lipinski definition) is 2. The third-order valence-electron chi connectivity index (χ3n) is 2.20. The maximum absolute atomic E-state index is 8.72. The first-order chi connectivity index (χ1) is 6.25. The molecule has 0 aliphatic heterocycles. The number of rotatable bonds is 4. The summed E-state index contributed by atoms with van der Waals surface area (Å²) in [5.41, 5.74) is 0.139. The molecule has 88 valence electrons. The molecule has 0 spiro atoms. The van der Waals surface area contributed by atoms with Crippen LogP contribution in [0.4, 0.5) is 0 Å². The predicted molar refractivity (Wildman–Crippen MR) is 62.3 cm³/mol. The van der Waals surface area contributed by atoms with Crippen LogP contribution in [0.1, 0.15) is 54.4 Å². The molecule has 0 aromatic heterocycles. The van der Waals surface area contributed by atoms with Gasteiger partial charge >= 0.3 is 0 Å². The minimum Gasteiger partial charge on any atom is -0.396 e. The van der Waals surface area contributed by atoms with Gasteiger partial charge in [-0.2, -0.15) is 0 Å². The highest BCUT2D eigenvalue weighted by molar-refractivity contribution is 4.62. The van der Waals surface area contributed by atoms with Crippen molar-refractivity contribution in [3.8, 4) is 0 Å². The van der Waals surface area contributed by atoms with Crippen molar-refractivity contribution in [2.45, 2.75) is 60.5 Å². The van der Waals surface area contributed by atoms with E-state index in [4.69, 9.17) is 10.2 Å². The van der Waals surface area contributed by atoms with Crippen molar-refractivity contribution in [3.05, 3.63) is 0 Å². The maximum atomic E-state index is 8.72. The molecule has 1 atom stereocenters. The van der Waals surface area contributed by atoms with Gasteiger partial charge in [0.25, 0.3) is 0 Å². The van der Waals surface area contributed by atoms with E-state index in [-0.39, 0.29) is 11.5 Å². The van der Waals surface area contributed by atoms with Gasteiger partial charge in [-0.05, 0) is 31.1 Å². The molecule has 0 aliphatic carbocycles. The fourth-order valence-corrected chi connectivity index (χ4v) is 0.794. The first kappa shape index (κ1) is 16.4. The monoisotopic (exact) mass is 204 g/mol. The van der Waals surface area contributed by atoms with Gasteiger partial charge in [0, 0.05) is 6.61 Å². The summed E-state index contributed by atoms with van der Waals surface area (Å²) in [6.45, 7) is 12.5. The molecule has 0 aromatic carbocycles. The second-order valence-electron chi connectivity index (χ2n) is 5.15. The van der Waals surface area contributed by atoms with Crippen molar-refractivity contribution < 1.29 is 10.2 Å². The Balaban J connectivity index is 0. The molecule has 0 bridgehead atoms. The summed E-state index contributed by atoms with van der Waals surface area (Å²) >= 11 is 0. The lowest BCUT2D eigenvalue weighted by Crippen LogP contribution is -2.14. The minimum atomic E-state index is -0.125. The summed E-state index contributed by atoms with van der Waals surface area (Å²) in [7, 11) is 0. The predicted octanol–water partition coefficient (Wildman–Crippen LogP) is 2.83. The van der Waals surface area contributed by atoms with Gasteiger partial charge in [0.05, 0.1) is 6.10 Å². The van der Waals surface area contributed by atoms with Crippen molar-refractivity contribution in [1.82, 2.24) is 0 Å². The molecule has 2 nitrogen and oxygen atoms in total. The van der Waals surface area contributed by atoms with Gasteiger partial charge in [0.2, 0.25) is 0 Å². The van der Waals surface area contributed by atoms with Gasteiger partial charge in [-0.25, -0.2) is 0 Å². The fraction of sp³-hybridized carbons (Fsp3) is 1.00. The van der Waals surface area contributed by atoms with Crippen LogP contribution in [0.3, 0.4) is 0 Å². The molecule has 0 saturated heterocycles. The molecule has 0 heterocycles. The van der Waals surface area contributed by atoms with Crippen LogP contribution in [-0.4, -0.2) is 22.9 Å². The highest BCUT2D eigenvalue weighted by Gasteiger charge is 2.11. The van der Waals surface area contributed by atoms with E-state index in [9.17, 15) is 0 Å². The Morgan fingerprint density at radius 2 is 1.57 bits per heavy atom. The Morgan fingerprint density at radius 1 is 1.14 bits per heavy atom. The van der Waals surface area contributed by atoms with Crippen LogP contribution in [0, 0.1) is 11.3 Å². The molecule has 1 unspecified atom stereocenters. The smallest absolute Gasteiger partial charge is 0.0514 e. The quantitative estimate of drug-likeness (QED) is 0.739. The fourth-order valence-electron chi connectivity index (χ4n) is 0.794. The molecular weight excluding hydrogens is 176 g/mol. The SMILES string of the molecule is CC(C)CC(C)O.CCC(C)(C)CO. The molecule has 0 saturated carbocycles. The van der Waals surface area contributed by atoms with Crippen LogP contribution in [0.5, 0.6) is 0 Å². The summed E-state index contributed by atoms with van der Waals surface area (Å²) in [6, 6.07) is 0. The first-order valence-electron chi connectivity index (χ1n) is 5.54. The molecule has 0 aromatic rings. The largest absolute Gasteiger partial charge is 0.396 e.